The third kappa shape index (κ3) is 13.3. The van der Waals surface area contributed by atoms with Crippen molar-refractivity contribution in [1.29, 1.82) is 5.26 Å². The number of rotatable bonds is 16. The first-order chi connectivity index (χ1) is 41.9. The molecule has 23 heteroatoms. The van der Waals surface area contributed by atoms with E-state index in [0.717, 1.165) is 123 Å². The van der Waals surface area contributed by atoms with Crippen LogP contribution in [0.5, 0.6) is 17.5 Å². The summed E-state index contributed by atoms with van der Waals surface area (Å²) in [6.45, 7) is 15.0. The number of nitrogens with one attached hydrogen (secondary N) is 1. The first-order valence-electron chi connectivity index (χ1n) is 30.1. The fraction of sp³-hybridized carbons (Fsp3) is 0.469. The first-order valence-corrected chi connectivity index (χ1v) is 30.4. The van der Waals surface area contributed by atoms with Crippen molar-refractivity contribution < 1.29 is 42.5 Å². The maximum Gasteiger partial charge on any atom is 0.405 e. The number of aromatic nitrogens is 5. The number of anilines is 2. The summed E-state index contributed by atoms with van der Waals surface area (Å²) in [6.07, 6.45) is 3.04. The minimum Gasteiger partial charge on any atom is -0.508 e. The fourth-order valence-electron chi connectivity index (χ4n) is 13.4. The van der Waals surface area contributed by atoms with Gasteiger partial charge >= 0.3 is 12.2 Å². The van der Waals surface area contributed by atoms with Crippen LogP contribution < -0.4 is 19.9 Å². The van der Waals surface area contributed by atoms with Gasteiger partial charge in [0.05, 0.1) is 41.4 Å². The van der Waals surface area contributed by atoms with Crippen molar-refractivity contribution in [2.75, 3.05) is 94.9 Å². The zero-order chi connectivity index (χ0) is 61.1. The Morgan fingerprint density at radius 1 is 0.885 bits per heavy atom. The largest absolute Gasteiger partial charge is 0.508 e. The zero-order valence-electron chi connectivity index (χ0n) is 49.1. The lowest BCUT2D eigenvalue weighted by Gasteiger charge is -2.47. The van der Waals surface area contributed by atoms with Gasteiger partial charge in [-0.05, 0) is 135 Å². The van der Waals surface area contributed by atoms with E-state index in [1.165, 1.54) is 22.8 Å². The Morgan fingerprint density at radius 3 is 2.31 bits per heavy atom. The second kappa shape index (κ2) is 25.8. The summed E-state index contributed by atoms with van der Waals surface area (Å²) in [5.74, 6) is -1.38. The predicted molar refractivity (Wildman–Crippen MR) is 324 cm³/mol. The van der Waals surface area contributed by atoms with Crippen molar-refractivity contribution in [2.45, 2.75) is 96.4 Å². The molecule has 5 aliphatic rings. The number of aromatic hydroxyl groups is 2. The molecule has 1 atom stereocenters. The highest BCUT2D eigenvalue weighted by molar-refractivity contribution is 6.36. The highest BCUT2D eigenvalue weighted by Crippen LogP contribution is 2.43. The summed E-state index contributed by atoms with van der Waals surface area (Å²) < 4.78 is 47.2. The molecule has 4 fully saturated rings. The second-order valence-corrected chi connectivity index (χ2v) is 24.4. The normalized spacial score (nSPS) is 18.7. The molecule has 11 rings (SSSR count). The van der Waals surface area contributed by atoms with Crippen molar-refractivity contribution in [1.82, 2.24) is 49.6 Å². The lowest BCUT2D eigenvalue weighted by Crippen LogP contribution is -2.55. The van der Waals surface area contributed by atoms with Gasteiger partial charge in [0.2, 0.25) is 17.6 Å². The minimum absolute atomic E-state index is 0.00549. The van der Waals surface area contributed by atoms with Gasteiger partial charge in [0.25, 0.3) is 5.91 Å². The number of phenolic OH excluding ortho intramolecular Hbond substituents is 2. The van der Waals surface area contributed by atoms with E-state index in [9.17, 15) is 43.0 Å². The van der Waals surface area contributed by atoms with Gasteiger partial charge in [0, 0.05) is 86.7 Å². The third-order valence-corrected chi connectivity index (χ3v) is 18.6. The first kappa shape index (κ1) is 60.7. The summed E-state index contributed by atoms with van der Waals surface area (Å²) in [5, 5.41) is 43.9. The Bertz CT molecular complexity index is 3560. The number of piperidine rings is 3. The average molecular weight is 1210 g/mol. The molecule has 0 aliphatic carbocycles. The summed E-state index contributed by atoms with van der Waals surface area (Å²) in [4.78, 5) is 63.2. The second-order valence-electron chi connectivity index (χ2n) is 24.0. The molecule has 1 unspecified atom stereocenters. The molecule has 3 N–H and O–H groups in total. The van der Waals surface area contributed by atoms with Gasteiger partial charge in [-0.3, -0.25) is 28.8 Å². The van der Waals surface area contributed by atoms with Crippen LogP contribution in [-0.2, 0) is 29.1 Å². The highest BCUT2D eigenvalue weighted by atomic mass is 35.5. The summed E-state index contributed by atoms with van der Waals surface area (Å²) in [7, 11) is 0. The molecule has 4 saturated heterocycles. The number of alkyl halides is 3. The molecular weight excluding hydrogens is 1140 g/mol. The van der Waals surface area contributed by atoms with E-state index >= 15 is 0 Å². The van der Waals surface area contributed by atoms with Crippen LogP contribution >= 0.6 is 11.6 Å². The van der Waals surface area contributed by atoms with Crippen LogP contribution in [0.25, 0.3) is 27.8 Å². The van der Waals surface area contributed by atoms with Gasteiger partial charge in [-0.2, -0.15) is 28.4 Å². The number of nitrogens with zero attached hydrogens (tertiary/aromatic N) is 12. The molecule has 7 heterocycles. The van der Waals surface area contributed by atoms with E-state index < -0.39 is 24.5 Å². The summed E-state index contributed by atoms with van der Waals surface area (Å²) in [6, 6.07) is 24.3. The number of piperazine rings is 1. The van der Waals surface area contributed by atoms with Crippen LogP contribution in [0.1, 0.15) is 97.7 Å². The number of halogens is 4. The minimum atomic E-state index is -4.66. The Hall–Kier alpha value is -8.00. The number of hydrogen-bond acceptors (Lipinski definition) is 15. The number of nitriles is 1. The van der Waals surface area contributed by atoms with Crippen molar-refractivity contribution in [3.63, 3.8) is 0 Å². The SMILES string of the molecule is C=CC(=O)N1CCN(c2nc(OCCN3CCC4(CC3)CCN(C(=O)C3CCN(Cc5ccc(-n6c(C(=O)NCC(F)(F)F)nnc6-c6cc(C(C)C)c(O)cc6O)cc5)CC3)CC4)nc3c2CCN(c2cccc4cccc(Cl)c24)C3)CC1CC#N. The standard InChI is InChI=1S/C64H73ClF3N13O6/c1-4-55(84)80-32-31-79(38-46(80)15-23-69)57-47-18-26-78(52-10-6-8-43-7-5-9-50(65)56(43)52)39-51(47)71-62(72-57)87-34-33-75-27-19-63(20-28-75)21-29-77(30-22-63)61(86)44-16-24-76(25-17-44)37-42-11-13-45(14-12-42)81-58(49-35-48(41(2)3)53(82)36-54(49)83)73-74-59(81)60(85)70-40-64(66,67)68/h4-14,35-36,41,44,46,82-83H,1,15-22,24-34,37-40H2,2-3H3,(H,70,85). The van der Waals surface area contributed by atoms with Crippen LogP contribution in [0, 0.1) is 22.7 Å². The van der Waals surface area contributed by atoms with Gasteiger partial charge in [-0.1, -0.05) is 68.4 Å². The van der Waals surface area contributed by atoms with Crippen molar-refractivity contribution >= 4 is 51.6 Å². The van der Waals surface area contributed by atoms with E-state index in [2.05, 4.69) is 71.6 Å². The molecular formula is C64H73ClF3N13O6. The maximum absolute atomic E-state index is 14.0. The molecule has 0 bridgehead atoms. The van der Waals surface area contributed by atoms with E-state index in [0.29, 0.717) is 74.6 Å². The molecule has 19 nitrogen and oxygen atoms in total. The third-order valence-electron chi connectivity index (χ3n) is 18.3. The molecule has 2 aromatic heterocycles. The van der Waals surface area contributed by atoms with Crippen molar-refractivity contribution in [3.05, 3.63) is 119 Å². The monoisotopic (exact) mass is 1210 g/mol. The van der Waals surface area contributed by atoms with E-state index in [1.807, 2.05) is 43.4 Å². The Morgan fingerprint density at radius 2 is 1.61 bits per heavy atom. The molecule has 4 aromatic carbocycles. The van der Waals surface area contributed by atoms with E-state index in [1.54, 1.807) is 17.0 Å². The Kier molecular flexibility index (Phi) is 18.0. The lowest BCUT2D eigenvalue weighted by atomic mass is 9.71. The van der Waals surface area contributed by atoms with Crippen LogP contribution in [0.15, 0.2) is 85.5 Å². The number of benzene rings is 4. The molecule has 87 heavy (non-hydrogen) atoms. The fourth-order valence-corrected chi connectivity index (χ4v) is 13.6. The van der Waals surface area contributed by atoms with Crippen molar-refractivity contribution in [2.24, 2.45) is 11.3 Å². The van der Waals surface area contributed by atoms with E-state index in [-0.39, 0.29) is 64.4 Å². The highest BCUT2D eigenvalue weighted by Gasteiger charge is 2.41. The van der Waals surface area contributed by atoms with Gasteiger partial charge in [-0.25, -0.2) is 0 Å². The van der Waals surface area contributed by atoms with Crippen LogP contribution in [-0.4, -0.2) is 170 Å². The average Bonchev–Trinajstić information content (AvgIpc) is 4.02. The van der Waals surface area contributed by atoms with Gasteiger partial charge in [0.15, 0.2) is 5.82 Å². The zero-order valence-corrected chi connectivity index (χ0v) is 49.9. The number of hydrogen-bond donors (Lipinski definition) is 3. The van der Waals surface area contributed by atoms with Crippen LogP contribution in [0.2, 0.25) is 5.02 Å². The number of fused-ring (bicyclic) bond motifs is 2. The summed E-state index contributed by atoms with van der Waals surface area (Å²) in [5.41, 5.74) is 5.11. The number of carbonyl (C=O) groups is 3. The molecule has 3 amide bonds. The Labute approximate surface area is 509 Å². The number of carbonyl (C=O) groups excluding carboxylic acids is 3. The van der Waals surface area contributed by atoms with E-state index in [4.69, 9.17) is 26.3 Å². The molecule has 6 aromatic rings. The number of likely N-dealkylation sites (tertiary alicyclic amines) is 3. The molecule has 0 radical (unpaired) electrons. The van der Waals surface area contributed by atoms with Gasteiger partial charge in [-0.15, -0.1) is 10.2 Å². The van der Waals surface area contributed by atoms with Crippen molar-refractivity contribution in [3.8, 4) is 40.7 Å². The smallest absolute Gasteiger partial charge is 0.405 e. The molecule has 1 spiro atoms. The van der Waals surface area contributed by atoms with Crippen LogP contribution in [0.3, 0.4) is 0 Å². The summed E-state index contributed by atoms with van der Waals surface area (Å²) >= 11 is 6.81. The maximum atomic E-state index is 14.0. The molecule has 458 valence electrons. The topological polar surface area (TPSA) is 213 Å². The quantitative estimate of drug-likeness (QED) is 0.0772. The lowest BCUT2D eigenvalue weighted by molar-refractivity contribution is -0.140. The van der Waals surface area contributed by atoms with Gasteiger partial charge < -0.3 is 39.9 Å². The number of amides is 3. The molecule has 5 aliphatic heterocycles. The predicted octanol–water partition coefficient (Wildman–Crippen LogP) is 9.03. The van der Waals surface area contributed by atoms with Crippen LogP contribution in [0.4, 0.5) is 24.7 Å². The van der Waals surface area contributed by atoms with Gasteiger partial charge in [0.1, 0.15) is 30.5 Å². The molecule has 0 saturated carbocycles. The Balaban J connectivity index is 0.671. The number of phenols is 2. The number of ether oxygens (including phenoxy) is 1.